The van der Waals surface area contributed by atoms with Gasteiger partial charge in [0.15, 0.2) is 0 Å². The molecule has 0 saturated carbocycles. The summed E-state index contributed by atoms with van der Waals surface area (Å²) in [5.74, 6) is -1.03. The monoisotopic (exact) mass is 316 g/mol. The molecule has 0 saturated heterocycles. The van der Waals surface area contributed by atoms with E-state index in [1.807, 2.05) is 19.1 Å². The van der Waals surface area contributed by atoms with Crippen LogP contribution in [0.1, 0.15) is 21.6 Å². The zero-order chi connectivity index (χ0) is 15.9. The molecule has 0 bridgehead atoms. The first kappa shape index (κ1) is 15.7. The van der Waals surface area contributed by atoms with Gasteiger partial charge in [0.25, 0.3) is 11.8 Å². The minimum atomic E-state index is -0.548. The molecular weight excluding hydrogens is 304 g/mol. The highest BCUT2D eigenvalue weighted by Crippen LogP contribution is 2.17. The third-order valence-corrected chi connectivity index (χ3v) is 3.13. The lowest BCUT2D eigenvalue weighted by Gasteiger charge is -2.04. The minimum absolute atomic E-state index is 0.108. The van der Waals surface area contributed by atoms with E-state index in [2.05, 4.69) is 20.8 Å². The number of rotatable bonds is 3. The molecule has 6 nitrogen and oxygen atoms in total. The normalized spacial score (nSPS) is 10.5. The van der Waals surface area contributed by atoms with Crippen LogP contribution < -0.4 is 10.9 Å². The van der Waals surface area contributed by atoms with Crippen LogP contribution in [0.15, 0.2) is 42.9 Å². The van der Waals surface area contributed by atoms with E-state index in [1.54, 1.807) is 12.1 Å². The number of nitrogens with one attached hydrogen (secondary N) is 2. The lowest BCUT2D eigenvalue weighted by Crippen LogP contribution is -2.41. The fourth-order valence-corrected chi connectivity index (χ4v) is 1.71. The van der Waals surface area contributed by atoms with Crippen LogP contribution >= 0.6 is 11.6 Å². The number of benzene rings is 1. The Morgan fingerprint density at radius 2 is 2.05 bits per heavy atom. The van der Waals surface area contributed by atoms with E-state index < -0.39 is 11.8 Å². The van der Waals surface area contributed by atoms with Crippen molar-refractivity contribution in [3.63, 3.8) is 0 Å². The molecular formula is C15H13ClN4O2. The van der Waals surface area contributed by atoms with Gasteiger partial charge >= 0.3 is 0 Å². The molecule has 0 atom stereocenters. The Bertz CT molecular complexity index is 717. The summed E-state index contributed by atoms with van der Waals surface area (Å²) in [4.78, 5) is 30.8. The number of carbonyl (C=O) groups excluding carboxylic acids is 2. The number of hydrazine groups is 1. The van der Waals surface area contributed by atoms with E-state index >= 15 is 0 Å². The van der Waals surface area contributed by atoms with Crippen molar-refractivity contribution in [2.75, 3.05) is 0 Å². The van der Waals surface area contributed by atoms with Crippen molar-refractivity contribution < 1.29 is 9.59 Å². The van der Waals surface area contributed by atoms with Crippen molar-refractivity contribution in [1.29, 1.82) is 0 Å². The van der Waals surface area contributed by atoms with Gasteiger partial charge in [0.2, 0.25) is 0 Å². The summed E-state index contributed by atoms with van der Waals surface area (Å²) in [6.45, 7) is 1.89. The molecule has 2 amide bonds. The van der Waals surface area contributed by atoms with Gasteiger partial charge in [0, 0.05) is 23.5 Å². The van der Waals surface area contributed by atoms with Gasteiger partial charge in [-0.25, -0.2) is 4.98 Å². The molecule has 2 rings (SSSR count). The summed E-state index contributed by atoms with van der Waals surface area (Å²) >= 11 is 6.00. The largest absolute Gasteiger partial charge is 0.289 e. The quantitative estimate of drug-likeness (QED) is 0.669. The fraction of sp³-hybridized carbons (Fsp3) is 0.0667. The summed E-state index contributed by atoms with van der Waals surface area (Å²) in [6, 6.07) is 5.44. The molecule has 0 aliphatic rings. The van der Waals surface area contributed by atoms with E-state index in [0.29, 0.717) is 5.02 Å². The molecule has 112 valence electrons. The Labute approximate surface area is 132 Å². The molecule has 0 spiro atoms. The number of hydrogen-bond donors (Lipinski definition) is 2. The van der Waals surface area contributed by atoms with Crippen LogP contribution in [0.2, 0.25) is 5.02 Å². The Balaban J connectivity index is 1.89. The molecule has 22 heavy (non-hydrogen) atoms. The number of nitrogens with zero attached hydrogens (tertiary/aromatic N) is 2. The number of carbonyl (C=O) groups is 2. The number of hydrogen-bond acceptors (Lipinski definition) is 4. The molecule has 0 radical (unpaired) electrons. The predicted molar refractivity (Wildman–Crippen MR) is 82.9 cm³/mol. The molecule has 1 heterocycles. The van der Waals surface area contributed by atoms with Gasteiger partial charge in [-0.15, -0.1) is 0 Å². The SMILES string of the molecule is Cc1ccc(/C=C/C(=O)NNC(=O)c2cnccn2)cc1Cl. The van der Waals surface area contributed by atoms with Crippen molar-refractivity contribution in [3.05, 3.63) is 64.7 Å². The van der Waals surface area contributed by atoms with Crippen LogP contribution in [0.3, 0.4) is 0 Å². The van der Waals surface area contributed by atoms with E-state index in [4.69, 9.17) is 11.6 Å². The smallest absolute Gasteiger partial charge is 0.268 e. The van der Waals surface area contributed by atoms with Crippen LogP contribution in [-0.4, -0.2) is 21.8 Å². The average molecular weight is 317 g/mol. The second kappa shape index (κ2) is 7.33. The third kappa shape index (κ3) is 4.39. The molecule has 2 N–H and O–H groups in total. The molecule has 2 aromatic rings. The number of aryl methyl sites for hydroxylation is 1. The first-order valence-corrected chi connectivity index (χ1v) is 6.74. The highest BCUT2D eigenvalue weighted by Gasteiger charge is 2.06. The van der Waals surface area contributed by atoms with Gasteiger partial charge < -0.3 is 0 Å². The van der Waals surface area contributed by atoms with Crippen LogP contribution in [0.25, 0.3) is 6.08 Å². The van der Waals surface area contributed by atoms with E-state index in [0.717, 1.165) is 11.1 Å². The fourth-order valence-electron chi connectivity index (χ4n) is 1.53. The Morgan fingerprint density at radius 3 is 2.73 bits per heavy atom. The highest BCUT2D eigenvalue weighted by molar-refractivity contribution is 6.31. The molecule has 7 heteroatoms. The zero-order valence-electron chi connectivity index (χ0n) is 11.7. The van der Waals surface area contributed by atoms with E-state index in [9.17, 15) is 9.59 Å². The van der Waals surface area contributed by atoms with Gasteiger partial charge in [-0.2, -0.15) is 0 Å². The first-order valence-electron chi connectivity index (χ1n) is 6.37. The van der Waals surface area contributed by atoms with Crippen molar-refractivity contribution in [2.45, 2.75) is 6.92 Å². The van der Waals surface area contributed by atoms with Crippen molar-refractivity contribution in [2.24, 2.45) is 0 Å². The summed E-state index contributed by atoms with van der Waals surface area (Å²) in [5.41, 5.74) is 6.34. The number of aromatic nitrogens is 2. The maximum atomic E-state index is 11.6. The summed E-state index contributed by atoms with van der Waals surface area (Å²) in [7, 11) is 0. The average Bonchev–Trinajstić information content (AvgIpc) is 2.54. The van der Waals surface area contributed by atoms with E-state index in [1.165, 1.54) is 24.7 Å². The van der Waals surface area contributed by atoms with Gasteiger partial charge in [-0.3, -0.25) is 25.4 Å². The second-order valence-corrected chi connectivity index (χ2v) is 4.78. The topological polar surface area (TPSA) is 84.0 Å². The van der Waals surface area contributed by atoms with Gasteiger partial charge in [0.1, 0.15) is 5.69 Å². The van der Waals surface area contributed by atoms with E-state index in [-0.39, 0.29) is 5.69 Å². The van der Waals surface area contributed by atoms with Gasteiger partial charge in [-0.1, -0.05) is 23.7 Å². The molecule has 0 aliphatic heterocycles. The number of halogens is 1. The summed E-state index contributed by atoms with van der Waals surface area (Å²) < 4.78 is 0. The molecule has 0 unspecified atom stereocenters. The summed E-state index contributed by atoms with van der Waals surface area (Å²) in [6.07, 6.45) is 7.02. The predicted octanol–water partition coefficient (Wildman–Crippen LogP) is 1.91. The van der Waals surface area contributed by atoms with Crippen LogP contribution in [0.4, 0.5) is 0 Å². The zero-order valence-corrected chi connectivity index (χ0v) is 12.5. The molecule has 1 aromatic carbocycles. The third-order valence-electron chi connectivity index (χ3n) is 2.72. The lowest BCUT2D eigenvalue weighted by atomic mass is 10.1. The first-order chi connectivity index (χ1) is 10.6. The Hall–Kier alpha value is -2.73. The maximum Gasteiger partial charge on any atom is 0.289 e. The minimum Gasteiger partial charge on any atom is -0.268 e. The lowest BCUT2D eigenvalue weighted by molar-refractivity contribution is -0.117. The van der Waals surface area contributed by atoms with Gasteiger partial charge in [0.05, 0.1) is 6.20 Å². The van der Waals surface area contributed by atoms with Crippen LogP contribution in [0.5, 0.6) is 0 Å². The Morgan fingerprint density at radius 1 is 1.23 bits per heavy atom. The van der Waals surface area contributed by atoms with Crippen molar-refractivity contribution in [3.8, 4) is 0 Å². The highest BCUT2D eigenvalue weighted by atomic mass is 35.5. The molecule has 0 fully saturated rings. The summed E-state index contributed by atoms with van der Waals surface area (Å²) in [5, 5.41) is 0.624. The maximum absolute atomic E-state index is 11.6. The van der Waals surface area contributed by atoms with Gasteiger partial charge in [-0.05, 0) is 30.2 Å². The number of amides is 2. The van der Waals surface area contributed by atoms with Crippen molar-refractivity contribution in [1.82, 2.24) is 20.8 Å². The standard InChI is InChI=1S/C15H13ClN4O2/c1-10-2-3-11(8-12(10)16)4-5-14(21)19-20-15(22)13-9-17-6-7-18-13/h2-9H,1H3,(H,19,21)(H,20,22)/b5-4+. The molecule has 1 aromatic heterocycles. The van der Waals surface area contributed by atoms with Crippen LogP contribution in [0, 0.1) is 6.92 Å². The van der Waals surface area contributed by atoms with Crippen LogP contribution in [-0.2, 0) is 4.79 Å². The second-order valence-electron chi connectivity index (χ2n) is 4.38. The molecule has 0 aliphatic carbocycles. The van der Waals surface area contributed by atoms with Crippen molar-refractivity contribution >= 4 is 29.5 Å². The Kier molecular flexibility index (Phi) is 5.21.